The molecule has 0 heterocycles. The fourth-order valence-corrected chi connectivity index (χ4v) is 3.35. The number of aryl methyl sites for hydroxylation is 1. The van der Waals surface area contributed by atoms with Gasteiger partial charge < -0.3 is 41.0 Å². The number of phenols is 1. The molecule has 13 nitrogen and oxygen atoms in total. The number of hydrogen-bond acceptors (Lipinski definition) is 9. The molecule has 0 bridgehead atoms. The van der Waals surface area contributed by atoms with Gasteiger partial charge in [-0.05, 0) is 39.7 Å². The Morgan fingerprint density at radius 1 is 1.16 bits per heavy atom. The molecule has 37 heavy (non-hydrogen) atoms. The van der Waals surface area contributed by atoms with Gasteiger partial charge in [-0.2, -0.15) is 0 Å². The number of carbonyl (C=O) groups excluding carboxylic acids is 5. The molecule has 0 aromatic heterocycles. The zero-order chi connectivity index (χ0) is 28.3. The first-order valence-corrected chi connectivity index (χ1v) is 11.5. The molecule has 0 saturated carbocycles. The van der Waals surface area contributed by atoms with E-state index in [2.05, 4.69) is 15.4 Å². The number of carbonyl (C=O) groups is 5. The van der Waals surface area contributed by atoms with E-state index in [4.69, 9.17) is 10.5 Å². The van der Waals surface area contributed by atoms with E-state index in [-0.39, 0.29) is 24.2 Å². The van der Waals surface area contributed by atoms with Crippen LogP contribution >= 0.6 is 0 Å². The molecule has 13 heteroatoms. The molecule has 0 radical (unpaired) electrons. The monoisotopic (exact) mass is 524 g/mol. The second kappa shape index (κ2) is 14.0. The van der Waals surface area contributed by atoms with E-state index in [9.17, 15) is 34.2 Å². The minimum Gasteiger partial charge on any atom is -0.507 e. The van der Waals surface area contributed by atoms with Crippen LogP contribution in [0.15, 0.2) is 18.2 Å². The lowest BCUT2D eigenvalue weighted by atomic mass is 9.98. The summed E-state index contributed by atoms with van der Waals surface area (Å²) in [5.41, 5.74) is 4.75. The number of methoxy groups -OCH3 is 1. The lowest BCUT2D eigenvalue weighted by molar-refractivity contribution is -0.145. The highest BCUT2D eigenvalue weighted by Gasteiger charge is 2.37. The van der Waals surface area contributed by atoms with E-state index in [1.54, 1.807) is 39.8 Å². The average Bonchev–Trinajstić information content (AvgIpc) is 2.80. The number of rotatable bonds is 12. The lowest BCUT2D eigenvalue weighted by Gasteiger charge is -2.34. The van der Waals surface area contributed by atoms with Gasteiger partial charge in [0.1, 0.15) is 30.0 Å². The van der Waals surface area contributed by atoms with Gasteiger partial charge in [0.05, 0.1) is 13.7 Å². The second-order valence-electron chi connectivity index (χ2n) is 9.17. The Kier molecular flexibility index (Phi) is 11.8. The molecule has 0 aliphatic carbocycles. The van der Waals surface area contributed by atoms with E-state index in [1.807, 2.05) is 0 Å². The summed E-state index contributed by atoms with van der Waals surface area (Å²) in [5.74, 6) is -3.50. The Hall–Kier alpha value is -3.87. The van der Waals surface area contributed by atoms with Crippen LogP contribution in [-0.4, -0.2) is 83.3 Å². The Balaban J connectivity index is 3.51. The van der Waals surface area contributed by atoms with Crippen molar-refractivity contribution < 1.29 is 43.7 Å². The van der Waals surface area contributed by atoms with E-state index in [1.165, 1.54) is 6.07 Å². The number of hydrogen-bond donors (Lipinski definition) is 5. The summed E-state index contributed by atoms with van der Waals surface area (Å²) < 4.78 is 9.74. The predicted octanol–water partition coefficient (Wildman–Crippen LogP) is 0.0106. The van der Waals surface area contributed by atoms with Crippen molar-refractivity contribution >= 4 is 29.8 Å². The summed E-state index contributed by atoms with van der Waals surface area (Å²) in [6.45, 7) is 4.92. The van der Waals surface area contributed by atoms with E-state index in [0.717, 1.165) is 12.0 Å². The summed E-state index contributed by atoms with van der Waals surface area (Å²) in [4.78, 5) is 63.4. The van der Waals surface area contributed by atoms with E-state index >= 15 is 0 Å². The van der Waals surface area contributed by atoms with Crippen LogP contribution in [0.5, 0.6) is 5.75 Å². The van der Waals surface area contributed by atoms with Crippen molar-refractivity contribution in [2.45, 2.75) is 58.2 Å². The van der Waals surface area contributed by atoms with Crippen LogP contribution in [-0.2, 0) is 28.7 Å². The number of aliphatic hydroxyl groups is 1. The number of nitrogens with zero attached hydrogens (tertiary/aromatic N) is 1. The highest BCUT2D eigenvalue weighted by atomic mass is 16.6. The highest BCUT2D eigenvalue weighted by molar-refractivity contribution is 5.94. The molecule has 1 aromatic rings. The number of esters is 1. The number of alkyl carbamates (subject to hydrolysis) is 1. The number of phenolic OH excluding ortho intramolecular Hbond substituents is 1. The number of nitrogens with two attached hydrogens (primary N) is 1. The molecule has 4 amide bonds. The Bertz CT molecular complexity index is 991. The van der Waals surface area contributed by atoms with Crippen molar-refractivity contribution in [2.24, 2.45) is 5.73 Å². The Morgan fingerprint density at radius 3 is 2.35 bits per heavy atom. The largest absolute Gasteiger partial charge is 0.507 e. The van der Waals surface area contributed by atoms with E-state index < -0.39 is 67.2 Å². The zero-order valence-electron chi connectivity index (χ0n) is 21.7. The Labute approximate surface area is 215 Å². The fourth-order valence-electron chi connectivity index (χ4n) is 3.35. The van der Waals surface area contributed by atoms with Crippen LogP contribution in [0.3, 0.4) is 0 Å². The Morgan fingerprint density at radius 2 is 1.81 bits per heavy atom. The van der Waals surface area contributed by atoms with Gasteiger partial charge in [-0.1, -0.05) is 18.2 Å². The smallest absolute Gasteiger partial charge is 0.408 e. The normalized spacial score (nSPS) is 12.6. The molecule has 0 aliphatic rings. The molecule has 0 spiro atoms. The molecular weight excluding hydrogens is 488 g/mol. The summed E-state index contributed by atoms with van der Waals surface area (Å²) in [7, 11) is 1.13. The highest BCUT2D eigenvalue weighted by Crippen LogP contribution is 2.32. The molecule has 6 N–H and O–H groups in total. The number of ether oxygens (including phenoxy) is 2. The third kappa shape index (κ3) is 9.95. The summed E-state index contributed by atoms with van der Waals surface area (Å²) >= 11 is 0. The van der Waals surface area contributed by atoms with Gasteiger partial charge in [-0.3, -0.25) is 19.2 Å². The van der Waals surface area contributed by atoms with Crippen LogP contribution in [0.1, 0.15) is 50.8 Å². The van der Waals surface area contributed by atoms with Crippen LogP contribution in [0.2, 0.25) is 0 Å². The molecule has 2 unspecified atom stereocenters. The molecule has 0 aliphatic heterocycles. The van der Waals surface area contributed by atoms with Crippen LogP contribution < -0.4 is 16.4 Å². The van der Waals surface area contributed by atoms with Gasteiger partial charge in [-0.15, -0.1) is 0 Å². The molecule has 0 fully saturated rings. The van der Waals surface area contributed by atoms with Crippen LogP contribution in [0.25, 0.3) is 0 Å². The maximum absolute atomic E-state index is 13.7. The first-order chi connectivity index (χ1) is 17.2. The first-order valence-electron chi connectivity index (χ1n) is 11.5. The number of para-hydroxylation sites is 1. The molecule has 1 rings (SSSR count). The summed E-state index contributed by atoms with van der Waals surface area (Å²) in [6.07, 6.45) is -1.47. The van der Waals surface area contributed by atoms with Crippen LogP contribution in [0.4, 0.5) is 4.79 Å². The van der Waals surface area contributed by atoms with Crippen molar-refractivity contribution in [3.63, 3.8) is 0 Å². The molecule has 1 aromatic carbocycles. The number of aliphatic hydroxyl groups excluding tert-OH is 1. The summed E-state index contributed by atoms with van der Waals surface area (Å²) in [5, 5.41) is 25.2. The van der Waals surface area contributed by atoms with Crippen LogP contribution in [0, 0.1) is 6.92 Å². The lowest BCUT2D eigenvalue weighted by Crippen LogP contribution is -2.54. The fraction of sp³-hybridized carbons (Fsp3) is 0.542. The second-order valence-corrected chi connectivity index (χ2v) is 9.17. The zero-order valence-corrected chi connectivity index (χ0v) is 21.7. The minimum absolute atomic E-state index is 0.00934. The maximum Gasteiger partial charge on any atom is 0.408 e. The first kappa shape index (κ1) is 31.2. The quantitative estimate of drug-likeness (QED) is 0.234. The van der Waals surface area contributed by atoms with E-state index in [0.29, 0.717) is 5.56 Å². The predicted molar refractivity (Wildman–Crippen MR) is 131 cm³/mol. The van der Waals surface area contributed by atoms with Gasteiger partial charge in [0.15, 0.2) is 0 Å². The van der Waals surface area contributed by atoms with Crippen molar-refractivity contribution in [2.75, 3.05) is 26.8 Å². The standard InChI is InChI=1S/C24H36N4O9/c1-14-7-6-8-15(20(14)32)19(21(33)26-13-18(31)36-5)28(11-12-29)22(34)16(9-10-17(25)30)27-23(35)37-24(2,3)4/h6-8,16,19,29,32H,9-13H2,1-5H3,(H2,25,30)(H,26,33)(H,27,35). The number of nitrogens with one attached hydrogen (secondary N) is 2. The molecule has 206 valence electrons. The number of amides is 4. The minimum atomic E-state index is -1.53. The third-order valence-electron chi connectivity index (χ3n) is 5.05. The van der Waals surface area contributed by atoms with Crippen molar-refractivity contribution in [1.29, 1.82) is 0 Å². The van der Waals surface area contributed by atoms with Crippen molar-refractivity contribution in [3.05, 3.63) is 29.3 Å². The van der Waals surface area contributed by atoms with Crippen molar-refractivity contribution in [3.8, 4) is 5.75 Å². The average molecular weight is 525 g/mol. The summed E-state index contributed by atoms with van der Waals surface area (Å²) in [6, 6.07) is 1.63. The topological polar surface area (TPSA) is 198 Å². The van der Waals surface area contributed by atoms with Gasteiger partial charge in [0.2, 0.25) is 17.7 Å². The maximum atomic E-state index is 13.7. The van der Waals surface area contributed by atoms with Gasteiger partial charge >= 0.3 is 12.1 Å². The van der Waals surface area contributed by atoms with Gasteiger partial charge in [-0.25, -0.2) is 4.79 Å². The molecule has 2 atom stereocenters. The number of benzene rings is 1. The van der Waals surface area contributed by atoms with Gasteiger partial charge in [0, 0.05) is 18.5 Å². The third-order valence-corrected chi connectivity index (χ3v) is 5.05. The van der Waals surface area contributed by atoms with Crippen molar-refractivity contribution in [1.82, 2.24) is 15.5 Å². The van der Waals surface area contributed by atoms with Gasteiger partial charge in [0.25, 0.3) is 0 Å². The molecule has 0 saturated heterocycles. The SMILES string of the molecule is COC(=O)CNC(=O)C(c1cccc(C)c1O)N(CCO)C(=O)C(CCC(N)=O)NC(=O)OC(C)(C)C. The number of aromatic hydroxyl groups is 1. The molecular formula is C24H36N4O9. The number of primary amides is 1.